The minimum atomic E-state index is -4.20. The maximum Gasteiger partial charge on any atom is 0.324 e. The van der Waals surface area contributed by atoms with E-state index in [0.717, 1.165) is 0 Å². The fourth-order valence-electron chi connectivity index (χ4n) is 2.97. The molecule has 0 bridgehead atoms. The van der Waals surface area contributed by atoms with Gasteiger partial charge in [-0.15, -0.1) is 0 Å². The smallest absolute Gasteiger partial charge is 0.324 e. The number of ether oxygens (including phenoxy) is 1. The van der Waals surface area contributed by atoms with Crippen LogP contribution >= 0.6 is 0 Å². The lowest BCUT2D eigenvalue weighted by atomic mass is 10.3. The molecule has 1 aromatic carbocycles. The van der Waals surface area contributed by atoms with E-state index < -0.39 is 35.0 Å². The van der Waals surface area contributed by atoms with E-state index in [9.17, 15) is 18.6 Å². The van der Waals surface area contributed by atoms with Gasteiger partial charge in [-0.25, -0.2) is 0 Å². The summed E-state index contributed by atoms with van der Waals surface area (Å²) in [6.45, 7) is 3.20. The number of aromatic nitrogens is 6. The summed E-state index contributed by atoms with van der Waals surface area (Å²) in [6, 6.07) is 6.82. The Balaban J connectivity index is 1.77. The molecule has 0 spiro atoms. The number of rotatable bonds is 16. The predicted octanol–water partition coefficient (Wildman–Crippen LogP) is -0.819. The minimum absolute atomic E-state index is 0.00985. The second-order valence-corrected chi connectivity index (χ2v) is 9.66. The Kier molecular flexibility index (Phi) is 11.0. The molecule has 2 heterocycles. The SMILES string of the molecule is CCNC(O)Oc1nc(C)nc(Nc2cccc(Nc3nc(NCCS(=O)(=O)O)nc(NCC(O)CO)n3)c2)n1. The van der Waals surface area contributed by atoms with Gasteiger partial charge in [0.05, 0.1) is 18.5 Å². The molecule has 0 aliphatic carbocycles. The molecular weight excluding hydrogens is 550 g/mol. The lowest BCUT2D eigenvalue weighted by Gasteiger charge is -2.14. The Labute approximate surface area is 229 Å². The van der Waals surface area contributed by atoms with Gasteiger partial charge in [-0.1, -0.05) is 13.0 Å². The molecule has 18 nitrogen and oxygen atoms in total. The van der Waals surface area contributed by atoms with Crippen LogP contribution in [-0.4, -0.2) is 103 Å². The van der Waals surface area contributed by atoms with Crippen molar-refractivity contribution in [3.8, 4) is 6.01 Å². The molecule has 19 heteroatoms. The van der Waals surface area contributed by atoms with Gasteiger partial charge in [-0.05, 0) is 31.7 Å². The monoisotopic (exact) mass is 581 g/mol. The third-order valence-corrected chi connectivity index (χ3v) is 5.40. The van der Waals surface area contributed by atoms with E-state index >= 15 is 0 Å². The van der Waals surface area contributed by atoms with E-state index in [1.54, 1.807) is 38.1 Å². The lowest BCUT2D eigenvalue weighted by Crippen LogP contribution is -2.34. The average Bonchev–Trinajstić information content (AvgIpc) is 2.86. The highest BCUT2D eigenvalue weighted by Gasteiger charge is 2.13. The first-order valence-corrected chi connectivity index (χ1v) is 13.6. The number of hydrogen-bond acceptors (Lipinski definition) is 17. The summed E-state index contributed by atoms with van der Waals surface area (Å²) in [5.41, 5.74) is 1.10. The summed E-state index contributed by atoms with van der Waals surface area (Å²) in [6.07, 6.45) is -2.35. The van der Waals surface area contributed by atoms with E-state index in [2.05, 4.69) is 56.5 Å². The maximum atomic E-state index is 11.0. The molecule has 2 unspecified atom stereocenters. The second kappa shape index (κ2) is 14.4. The molecule has 0 saturated carbocycles. The normalized spacial score (nSPS) is 12.8. The highest BCUT2D eigenvalue weighted by atomic mass is 32.2. The van der Waals surface area contributed by atoms with Crippen molar-refractivity contribution in [1.29, 1.82) is 0 Å². The highest BCUT2D eigenvalue weighted by molar-refractivity contribution is 7.85. The summed E-state index contributed by atoms with van der Waals surface area (Å²) in [7, 11) is -4.20. The molecular formula is C21H31N11O7S. The predicted molar refractivity (Wildman–Crippen MR) is 144 cm³/mol. The van der Waals surface area contributed by atoms with Crippen LogP contribution in [-0.2, 0) is 10.1 Å². The molecule has 0 radical (unpaired) electrons. The molecule has 2 atom stereocenters. The summed E-state index contributed by atoms with van der Waals surface area (Å²) in [4.78, 5) is 24.9. The van der Waals surface area contributed by atoms with E-state index in [0.29, 0.717) is 23.7 Å². The Hall–Kier alpha value is -4.01. The number of benzene rings is 1. The van der Waals surface area contributed by atoms with Crippen molar-refractivity contribution in [2.45, 2.75) is 26.4 Å². The molecule has 0 fully saturated rings. The van der Waals surface area contributed by atoms with Crippen LogP contribution in [0.4, 0.5) is 35.2 Å². The Bertz CT molecular complexity index is 1370. The quantitative estimate of drug-likeness (QED) is 0.0738. The second-order valence-electron chi connectivity index (χ2n) is 8.08. The third-order valence-electron chi connectivity index (χ3n) is 4.68. The Morgan fingerprint density at radius 3 is 2.17 bits per heavy atom. The number of aliphatic hydroxyl groups excluding tert-OH is 3. The van der Waals surface area contributed by atoms with E-state index in [-0.39, 0.29) is 42.9 Å². The van der Waals surface area contributed by atoms with Crippen LogP contribution in [0.2, 0.25) is 0 Å². The molecule has 40 heavy (non-hydrogen) atoms. The van der Waals surface area contributed by atoms with Crippen LogP contribution in [0.1, 0.15) is 12.7 Å². The van der Waals surface area contributed by atoms with Crippen LogP contribution in [0.15, 0.2) is 24.3 Å². The summed E-state index contributed by atoms with van der Waals surface area (Å²) < 4.78 is 36.3. The summed E-state index contributed by atoms with van der Waals surface area (Å²) >= 11 is 0. The highest BCUT2D eigenvalue weighted by Crippen LogP contribution is 2.22. The van der Waals surface area contributed by atoms with Crippen molar-refractivity contribution in [3.63, 3.8) is 0 Å². The van der Waals surface area contributed by atoms with Gasteiger partial charge in [-0.3, -0.25) is 9.87 Å². The molecule has 218 valence electrons. The fraction of sp³-hybridized carbons (Fsp3) is 0.429. The van der Waals surface area contributed by atoms with Crippen LogP contribution in [0, 0.1) is 6.92 Å². The summed E-state index contributed by atoms with van der Waals surface area (Å²) in [5.74, 6) is 0.0368. The largest absolute Gasteiger partial charge is 0.419 e. The van der Waals surface area contributed by atoms with Gasteiger partial charge in [0, 0.05) is 24.5 Å². The molecule has 9 N–H and O–H groups in total. The molecule has 3 aromatic rings. The zero-order valence-electron chi connectivity index (χ0n) is 21.6. The van der Waals surface area contributed by atoms with Gasteiger partial charge in [-0.2, -0.15) is 38.3 Å². The van der Waals surface area contributed by atoms with Crippen molar-refractivity contribution in [3.05, 3.63) is 30.1 Å². The van der Waals surface area contributed by atoms with E-state index in [1.807, 2.05) is 0 Å². The zero-order valence-corrected chi connectivity index (χ0v) is 22.4. The molecule has 3 rings (SSSR count). The topological polar surface area (TPSA) is 262 Å². The van der Waals surface area contributed by atoms with Crippen molar-refractivity contribution < 1.29 is 33.0 Å². The number of nitrogens with one attached hydrogen (secondary N) is 5. The zero-order chi connectivity index (χ0) is 29.1. The van der Waals surface area contributed by atoms with Crippen LogP contribution in [0.25, 0.3) is 0 Å². The number of aliphatic hydroxyl groups is 3. The van der Waals surface area contributed by atoms with Gasteiger partial charge >= 0.3 is 6.01 Å². The number of anilines is 6. The molecule has 0 saturated heterocycles. The van der Waals surface area contributed by atoms with E-state index in [4.69, 9.17) is 14.4 Å². The average molecular weight is 582 g/mol. The van der Waals surface area contributed by atoms with Crippen LogP contribution < -0.4 is 31.3 Å². The standard InChI is InChI=1S/C21H31N11O7S/c1-3-22-21(35)39-20-26-12(2)25-18(32-20)27-13-5-4-6-14(9-13)28-19-30-16(23-7-8-40(36,37)38)29-17(31-19)24-10-15(34)11-33/h4-6,9,15,21-22,33-35H,3,7-8,10-11H2,1-2H3,(H,36,37,38)(H,25,26,27,32)(H3,23,24,28,29,30,31). The Morgan fingerprint density at radius 1 is 0.925 bits per heavy atom. The van der Waals surface area contributed by atoms with Crippen molar-refractivity contribution >= 4 is 45.3 Å². The van der Waals surface area contributed by atoms with Crippen LogP contribution in [0.3, 0.4) is 0 Å². The minimum Gasteiger partial charge on any atom is -0.419 e. The number of nitrogens with zero attached hydrogens (tertiary/aromatic N) is 6. The van der Waals surface area contributed by atoms with E-state index in [1.165, 1.54) is 0 Å². The summed E-state index contributed by atoms with van der Waals surface area (Å²) in [5, 5.41) is 42.6. The van der Waals surface area contributed by atoms with Gasteiger partial charge in [0.25, 0.3) is 16.5 Å². The first-order valence-electron chi connectivity index (χ1n) is 12.0. The maximum absolute atomic E-state index is 11.0. The number of hydrogen-bond donors (Lipinski definition) is 9. The van der Waals surface area contributed by atoms with Gasteiger partial charge < -0.3 is 41.3 Å². The Morgan fingerprint density at radius 2 is 1.55 bits per heavy atom. The van der Waals surface area contributed by atoms with Crippen molar-refractivity contribution in [1.82, 2.24) is 35.2 Å². The van der Waals surface area contributed by atoms with Crippen LogP contribution in [0.5, 0.6) is 6.01 Å². The first-order chi connectivity index (χ1) is 19.0. The molecule has 0 aliphatic rings. The van der Waals surface area contributed by atoms with Crippen molar-refractivity contribution in [2.75, 3.05) is 53.3 Å². The van der Waals surface area contributed by atoms with Gasteiger partial charge in [0.2, 0.25) is 23.8 Å². The molecule has 2 aromatic heterocycles. The molecule has 0 aliphatic heterocycles. The lowest BCUT2D eigenvalue weighted by molar-refractivity contribution is -0.0485. The van der Waals surface area contributed by atoms with Gasteiger partial charge in [0.1, 0.15) is 5.82 Å². The first kappa shape index (κ1) is 30.5. The van der Waals surface area contributed by atoms with Gasteiger partial charge in [0.15, 0.2) is 0 Å². The number of aryl methyl sites for hydroxylation is 1. The fourth-order valence-corrected chi connectivity index (χ4v) is 3.33. The molecule has 0 amide bonds. The van der Waals surface area contributed by atoms with Crippen molar-refractivity contribution in [2.24, 2.45) is 0 Å². The third kappa shape index (κ3) is 10.6.